The molecule has 0 unspecified atom stereocenters. The third-order valence-corrected chi connectivity index (χ3v) is 4.95. The molecular weight excluding hydrogens is 391 g/mol. The Bertz CT molecular complexity index is 1040. The molecular formula is C19H16F3N3O2S. The molecule has 9 heteroatoms. The Balaban J connectivity index is 2.14. The van der Waals surface area contributed by atoms with Gasteiger partial charge in [0, 0.05) is 12.7 Å². The molecule has 2 aromatic carbocycles. The van der Waals surface area contributed by atoms with Gasteiger partial charge < -0.3 is 4.74 Å². The molecule has 1 N–H and O–H groups in total. The van der Waals surface area contributed by atoms with Gasteiger partial charge in [0.05, 0.1) is 33.1 Å². The van der Waals surface area contributed by atoms with E-state index in [1.807, 2.05) is 6.92 Å². The monoisotopic (exact) mass is 407 g/mol. The summed E-state index contributed by atoms with van der Waals surface area (Å²) in [6.07, 6.45) is -4.24. The van der Waals surface area contributed by atoms with Crippen LogP contribution in [0.5, 0.6) is 0 Å². The van der Waals surface area contributed by atoms with Crippen molar-refractivity contribution in [1.82, 2.24) is 10.4 Å². The van der Waals surface area contributed by atoms with Crippen molar-refractivity contribution in [2.45, 2.75) is 13.1 Å². The van der Waals surface area contributed by atoms with Crippen molar-refractivity contribution < 1.29 is 22.7 Å². The van der Waals surface area contributed by atoms with Crippen molar-refractivity contribution in [1.29, 1.82) is 0 Å². The quantitative estimate of drug-likeness (QED) is 0.375. The summed E-state index contributed by atoms with van der Waals surface area (Å²) in [5.74, 6) is 0. The van der Waals surface area contributed by atoms with E-state index in [0.717, 1.165) is 15.8 Å². The second-order valence-corrected chi connectivity index (χ2v) is 7.15. The maximum atomic E-state index is 13.8. The fourth-order valence-corrected chi connectivity index (χ4v) is 3.65. The number of carbonyl (C=O) groups is 1. The van der Waals surface area contributed by atoms with E-state index >= 15 is 0 Å². The molecule has 1 heterocycles. The van der Waals surface area contributed by atoms with Crippen molar-refractivity contribution in [3.05, 3.63) is 52.5 Å². The van der Waals surface area contributed by atoms with Gasteiger partial charge in [-0.25, -0.2) is 10.4 Å². The number of aryl methyl sites for hydroxylation is 1. The van der Waals surface area contributed by atoms with Crippen molar-refractivity contribution in [2.24, 2.45) is 5.10 Å². The first-order chi connectivity index (χ1) is 13.3. The number of thiazole rings is 1. The maximum Gasteiger partial charge on any atom is 0.417 e. The number of hydrazone groups is 1. The number of halogens is 3. The average molecular weight is 407 g/mol. The predicted octanol–water partition coefficient (Wildman–Crippen LogP) is 4.39. The van der Waals surface area contributed by atoms with Crippen LogP contribution in [-0.4, -0.2) is 30.8 Å². The van der Waals surface area contributed by atoms with E-state index in [0.29, 0.717) is 17.5 Å². The number of methoxy groups -OCH3 is 1. The van der Waals surface area contributed by atoms with Crippen LogP contribution in [0.2, 0.25) is 0 Å². The topological polar surface area (TPSA) is 63.6 Å². The van der Waals surface area contributed by atoms with Gasteiger partial charge in [-0.05, 0) is 36.2 Å². The Morgan fingerprint density at radius 1 is 1.29 bits per heavy atom. The lowest BCUT2D eigenvalue weighted by atomic mass is 9.95. The SMILES string of the molecule is COC/C(=N\NC=O)c1ccc(-c2ccc3sc(C)nc3c2)c(C(F)(F)F)c1. The Labute approximate surface area is 162 Å². The minimum atomic E-state index is -4.57. The Morgan fingerprint density at radius 3 is 2.75 bits per heavy atom. The molecule has 28 heavy (non-hydrogen) atoms. The highest BCUT2D eigenvalue weighted by Crippen LogP contribution is 2.39. The molecule has 0 saturated heterocycles. The predicted molar refractivity (Wildman–Crippen MR) is 102 cm³/mol. The molecule has 0 aliphatic rings. The van der Waals surface area contributed by atoms with Crippen LogP contribution in [0.4, 0.5) is 13.2 Å². The van der Waals surface area contributed by atoms with Gasteiger partial charge >= 0.3 is 6.18 Å². The smallest absolute Gasteiger partial charge is 0.378 e. The summed E-state index contributed by atoms with van der Waals surface area (Å²) in [4.78, 5) is 14.8. The standard InChI is InChI=1S/C19H16F3N3O2S/c1-11-24-16-8-12(4-6-18(16)28-11)14-5-3-13(7-15(14)19(20,21)22)17(9-27-2)25-23-10-26/h3-8,10H,9H2,1-2H3,(H,23,26)/b25-17+. The highest BCUT2D eigenvalue weighted by Gasteiger charge is 2.34. The molecule has 3 aromatic rings. The van der Waals surface area contributed by atoms with E-state index in [1.54, 1.807) is 18.2 Å². The summed E-state index contributed by atoms with van der Waals surface area (Å²) in [6, 6.07) is 9.00. The van der Waals surface area contributed by atoms with Crippen LogP contribution in [0.25, 0.3) is 21.3 Å². The third-order valence-electron chi connectivity index (χ3n) is 4.00. The van der Waals surface area contributed by atoms with Crippen LogP contribution < -0.4 is 5.43 Å². The number of benzene rings is 2. The van der Waals surface area contributed by atoms with Crippen LogP contribution in [0, 0.1) is 6.92 Å². The number of carbonyl (C=O) groups excluding carboxylic acids is 1. The summed E-state index contributed by atoms with van der Waals surface area (Å²) in [6.45, 7) is 1.80. The first-order valence-corrected chi connectivity index (χ1v) is 8.99. The van der Waals surface area contributed by atoms with Crippen LogP contribution in [0.15, 0.2) is 41.5 Å². The van der Waals surface area contributed by atoms with Crippen molar-refractivity contribution in [2.75, 3.05) is 13.7 Å². The van der Waals surface area contributed by atoms with E-state index in [2.05, 4.69) is 15.5 Å². The zero-order valence-electron chi connectivity index (χ0n) is 15.0. The molecule has 0 saturated carbocycles. The minimum absolute atomic E-state index is 0.0453. The molecule has 0 fully saturated rings. The van der Waals surface area contributed by atoms with E-state index in [9.17, 15) is 18.0 Å². The maximum absolute atomic E-state index is 13.8. The molecule has 1 aromatic heterocycles. The van der Waals surface area contributed by atoms with Gasteiger partial charge in [0.15, 0.2) is 0 Å². The summed E-state index contributed by atoms with van der Waals surface area (Å²) >= 11 is 1.49. The molecule has 0 aliphatic carbocycles. The second-order valence-electron chi connectivity index (χ2n) is 5.91. The summed E-state index contributed by atoms with van der Waals surface area (Å²) in [5, 5.41) is 4.62. The highest BCUT2D eigenvalue weighted by molar-refractivity contribution is 7.18. The van der Waals surface area contributed by atoms with E-state index in [4.69, 9.17) is 4.74 Å². The van der Waals surface area contributed by atoms with E-state index in [1.165, 1.54) is 30.6 Å². The largest absolute Gasteiger partial charge is 0.417 e. The van der Waals surface area contributed by atoms with E-state index < -0.39 is 11.7 Å². The summed E-state index contributed by atoms with van der Waals surface area (Å²) in [5.41, 5.74) is 2.81. The third kappa shape index (κ3) is 4.20. The fourth-order valence-electron chi connectivity index (χ4n) is 2.84. The van der Waals surface area contributed by atoms with Gasteiger partial charge in [-0.2, -0.15) is 18.3 Å². The van der Waals surface area contributed by atoms with Gasteiger partial charge in [-0.15, -0.1) is 11.3 Å². The van der Waals surface area contributed by atoms with Crippen molar-refractivity contribution in [3.8, 4) is 11.1 Å². The van der Waals surface area contributed by atoms with Crippen molar-refractivity contribution >= 4 is 33.7 Å². The van der Waals surface area contributed by atoms with Crippen molar-refractivity contribution in [3.63, 3.8) is 0 Å². The number of amides is 1. The average Bonchev–Trinajstić information content (AvgIpc) is 3.03. The molecule has 5 nitrogen and oxygen atoms in total. The fraction of sp³-hybridized carbons (Fsp3) is 0.211. The highest BCUT2D eigenvalue weighted by atomic mass is 32.1. The molecule has 3 rings (SSSR count). The molecule has 0 atom stereocenters. The zero-order valence-corrected chi connectivity index (χ0v) is 15.8. The Hall–Kier alpha value is -2.78. The number of nitrogens with zero attached hydrogens (tertiary/aromatic N) is 2. The number of alkyl halides is 3. The van der Waals surface area contributed by atoms with Crippen LogP contribution in [-0.2, 0) is 15.7 Å². The molecule has 0 aliphatic heterocycles. The van der Waals surface area contributed by atoms with Gasteiger partial charge in [0.25, 0.3) is 0 Å². The molecule has 0 radical (unpaired) electrons. The lowest BCUT2D eigenvalue weighted by Gasteiger charge is -2.15. The van der Waals surface area contributed by atoms with E-state index in [-0.39, 0.29) is 23.4 Å². The number of hydrogen-bond donors (Lipinski definition) is 1. The first-order valence-electron chi connectivity index (χ1n) is 8.17. The summed E-state index contributed by atoms with van der Waals surface area (Å²) in [7, 11) is 1.39. The molecule has 1 amide bonds. The number of ether oxygens (including phenoxy) is 1. The molecule has 146 valence electrons. The summed E-state index contributed by atoms with van der Waals surface area (Å²) < 4.78 is 47.2. The first kappa shape index (κ1) is 20.0. The lowest BCUT2D eigenvalue weighted by Crippen LogP contribution is -2.16. The number of hydrogen-bond acceptors (Lipinski definition) is 5. The number of aromatic nitrogens is 1. The lowest BCUT2D eigenvalue weighted by molar-refractivity contribution is -0.137. The number of fused-ring (bicyclic) bond motifs is 1. The number of rotatable bonds is 6. The van der Waals surface area contributed by atoms with Gasteiger partial charge in [-0.1, -0.05) is 18.2 Å². The number of nitrogens with one attached hydrogen (secondary N) is 1. The Kier molecular flexibility index (Phi) is 5.76. The zero-order chi connectivity index (χ0) is 20.3. The van der Waals surface area contributed by atoms with Crippen LogP contribution in [0.3, 0.4) is 0 Å². The normalized spacial score (nSPS) is 12.4. The van der Waals surface area contributed by atoms with Crippen LogP contribution >= 0.6 is 11.3 Å². The molecule has 0 spiro atoms. The second kappa shape index (κ2) is 8.07. The minimum Gasteiger partial charge on any atom is -0.378 e. The van der Waals surface area contributed by atoms with Gasteiger partial charge in [0.2, 0.25) is 6.41 Å². The van der Waals surface area contributed by atoms with Crippen LogP contribution in [0.1, 0.15) is 16.1 Å². The van der Waals surface area contributed by atoms with Gasteiger partial charge in [0.1, 0.15) is 0 Å². The Morgan fingerprint density at radius 2 is 2.07 bits per heavy atom. The molecule has 0 bridgehead atoms. The van der Waals surface area contributed by atoms with Gasteiger partial charge in [-0.3, -0.25) is 4.79 Å².